The Balaban J connectivity index is 1.53. The Labute approximate surface area is 178 Å². The predicted molar refractivity (Wildman–Crippen MR) is 117 cm³/mol. The van der Waals surface area contributed by atoms with Crippen LogP contribution in [0, 0.1) is 19.8 Å². The van der Waals surface area contributed by atoms with Gasteiger partial charge in [0.25, 0.3) is 0 Å². The highest BCUT2D eigenvalue weighted by Gasteiger charge is 2.24. The lowest BCUT2D eigenvalue weighted by atomic mass is 10.1. The summed E-state index contributed by atoms with van der Waals surface area (Å²) >= 11 is 0. The van der Waals surface area contributed by atoms with E-state index in [1.54, 1.807) is 0 Å². The van der Waals surface area contributed by atoms with Crippen LogP contribution >= 0.6 is 0 Å². The Hall–Kier alpha value is -2.60. The van der Waals surface area contributed by atoms with Crippen LogP contribution in [0.3, 0.4) is 0 Å². The van der Waals surface area contributed by atoms with E-state index in [2.05, 4.69) is 23.1 Å². The van der Waals surface area contributed by atoms with Crippen LogP contribution in [-0.4, -0.2) is 41.9 Å². The molecule has 2 aromatic rings. The van der Waals surface area contributed by atoms with E-state index in [1.165, 1.54) is 23.5 Å². The number of hydrogen-bond donors (Lipinski definition) is 0. The minimum Gasteiger partial charge on any atom is -0.482 e. The molecule has 1 saturated heterocycles. The van der Waals surface area contributed by atoms with Gasteiger partial charge < -0.3 is 14.1 Å². The molecular formula is C24H32N2O4. The molecule has 1 aromatic heterocycles. The van der Waals surface area contributed by atoms with E-state index in [4.69, 9.17) is 9.15 Å². The highest BCUT2D eigenvalue weighted by atomic mass is 16.5. The summed E-state index contributed by atoms with van der Waals surface area (Å²) < 4.78 is 11.3. The monoisotopic (exact) mass is 412 g/mol. The minimum absolute atomic E-state index is 0.0748. The number of carbonyl (C=O) groups excluding carboxylic acids is 1. The number of aryl methyl sites for hydroxylation is 2. The zero-order chi connectivity index (χ0) is 21.7. The third-order valence-electron chi connectivity index (χ3n) is 5.63. The van der Waals surface area contributed by atoms with Crippen molar-refractivity contribution in [2.24, 2.45) is 5.92 Å². The Morgan fingerprint density at radius 3 is 2.37 bits per heavy atom. The number of carbonyl (C=O) groups is 1. The predicted octanol–water partition coefficient (Wildman–Crippen LogP) is 3.53. The Morgan fingerprint density at radius 1 is 1.10 bits per heavy atom. The van der Waals surface area contributed by atoms with Gasteiger partial charge in [-0.1, -0.05) is 43.2 Å². The van der Waals surface area contributed by atoms with Crippen LogP contribution in [-0.2, 0) is 17.9 Å². The maximum Gasteiger partial charge on any atom is 0.227 e. The normalized spacial score (nSPS) is 15.8. The van der Waals surface area contributed by atoms with Crippen molar-refractivity contribution in [1.29, 1.82) is 0 Å². The molecule has 0 saturated carbocycles. The van der Waals surface area contributed by atoms with E-state index >= 15 is 0 Å². The second-order valence-corrected chi connectivity index (χ2v) is 8.27. The fourth-order valence-electron chi connectivity index (χ4n) is 3.77. The van der Waals surface area contributed by atoms with Gasteiger partial charge in [-0.3, -0.25) is 14.5 Å². The highest BCUT2D eigenvalue weighted by Crippen LogP contribution is 2.15. The van der Waals surface area contributed by atoms with Crippen molar-refractivity contribution in [2.45, 2.75) is 47.3 Å². The van der Waals surface area contributed by atoms with Crippen LogP contribution < -0.4 is 10.2 Å². The largest absolute Gasteiger partial charge is 0.482 e. The zero-order valence-electron chi connectivity index (χ0n) is 18.4. The number of benzene rings is 1. The molecule has 0 unspecified atom stereocenters. The molecule has 3 rings (SSSR count). The molecule has 162 valence electrons. The molecule has 0 N–H and O–H groups in total. The van der Waals surface area contributed by atoms with Crippen molar-refractivity contribution in [2.75, 3.05) is 26.2 Å². The van der Waals surface area contributed by atoms with Gasteiger partial charge in [-0.25, -0.2) is 0 Å². The third-order valence-corrected chi connectivity index (χ3v) is 5.63. The van der Waals surface area contributed by atoms with E-state index in [0.717, 1.165) is 25.1 Å². The summed E-state index contributed by atoms with van der Waals surface area (Å²) in [6, 6.07) is 7.71. The number of amides is 1. The van der Waals surface area contributed by atoms with E-state index in [0.29, 0.717) is 32.0 Å². The first-order valence-electron chi connectivity index (χ1n) is 10.7. The summed E-state index contributed by atoms with van der Waals surface area (Å²) in [5, 5.41) is 0. The number of rotatable bonds is 7. The molecule has 0 spiro atoms. The summed E-state index contributed by atoms with van der Waals surface area (Å²) in [6.07, 6.45) is 2.27. The zero-order valence-corrected chi connectivity index (χ0v) is 18.4. The van der Waals surface area contributed by atoms with Gasteiger partial charge in [-0.15, -0.1) is 0 Å². The van der Waals surface area contributed by atoms with Crippen LogP contribution in [0.25, 0.3) is 0 Å². The van der Waals surface area contributed by atoms with E-state index < -0.39 is 0 Å². The standard InChI is InChI=1S/C24H32N2O4/c1-5-19(4)24(28)26-8-6-25(7-9-26)14-21-13-22(27)23(16-29-21)30-15-20-11-17(2)10-18(3)12-20/h10-13,16,19H,5-9,14-15H2,1-4H3/t19-/m0/s1. The Kier molecular flexibility index (Phi) is 7.32. The lowest BCUT2D eigenvalue weighted by molar-refractivity contribution is -0.136. The Bertz CT molecular complexity index is 909. The second kappa shape index (κ2) is 9.94. The van der Waals surface area contributed by atoms with Gasteiger partial charge in [0.1, 0.15) is 18.6 Å². The molecule has 1 fully saturated rings. The van der Waals surface area contributed by atoms with Crippen LogP contribution in [0.15, 0.2) is 39.7 Å². The summed E-state index contributed by atoms with van der Waals surface area (Å²) in [4.78, 5) is 28.9. The molecule has 1 amide bonds. The average Bonchev–Trinajstić information content (AvgIpc) is 2.72. The van der Waals surface area contributed by atoms with Crippen molar-refractivity contribution in [1.82, 2.24) is 9.80 Å². The molecule has 0 radical (unpaired) electrons. The average molecular weight is 413 g/mol. The van der Waals surface area contributed by atoms with Crippen molar-refractivity contribution >= 4 is 5.91 Å². The SMILES string of the molecule is CC[C@H](C)C(=O)N1CCN(Cc2cc(=O)c(OCc3cc(C)cc(C)c3)co2)CC1. The van der Waals surface area contributed by atoms with Gasteiger partial charge in [0.2, 0.25) is 17.1 Å². The molecule has 1 aromatic carbocycles. The summed E-state index contributed by atoms with van der Waals surface area (Å²) in [5.74, 6) is 1.14. The maximum atomic E-state index is 12.4. The summed E-state index contributed by atoms with van der Waals surface area (Å²) in [7, 11) is 0. The fourth-order valence-corrected chi connectivity index (χ4v) is 3.77. The lowest BCUT2D eigenvalue weighted by Gasteiger charge is -2.35. The molecule has 30 heavy (non-hydrogen) atoms. The fraction of sp³-hybridized carbons (Fsp3) is 0.500. The third kappa shape index (κ3) is 5.72. The molecule has 1 atom stereocenters. The smallest absolute Gasteiger partial charge is 0.227 e. The van der Waals surface area contributed by atoms with Gasteiger partial charge in [0, 0.05) is 38.2 Å². The number of nitrogens with zero attached hydrogens (tertiary/aromatic N) is 2. The van der Waals surface area contributed by atoms with E-state index in [1.807, 2.05) is 32.6 Å². The van der Waals surface area contributed by atoms with Gasteiger partial charge in [-0.05, 0) is 25.8 Å². The molecule has 6 nitrogen and oxygen atoms in total. The highest BCUT2D eigenvalue weighted by molar-refractivity contribution is 5.78. The second-order valence-electron chi connectivity index (χ2n) is 8.27. The molecule has 2 heterocycles. The Morgan fingerprint density at radius 2 is 1.77 bits per heavy atom. The van der Waals surface area contributed by atoms with Gasteiger partial charge in [0.05, 0.1) is 6.54 Å². The number of ether oxygens (including phenoxy) is 1. The molecule has 6 heteroatoms. The molecule has 0 bridgehead atoms. The molecule has 1 aliphatic heterocycles. The topological polar surface area (TPSA) is 63.0 Å². The van der Waals surface area contributed by atoms with E-state index in [9.17, 15) is 9.59 Å². The molecule has 0 aliphatic carbocycles. The van der Waals surface area contributed by atoms with Crippen LogP contribution in [0.1, 0.15) is 42.7 Å². The first-order valence-corrected chi connectivity index (χ1v) is 10.7. The van der Waals surface area contributed by atoms with Crippen molar-refractivity contribution in [3.8, 4) is 5.75 Å². The number of piperazine rings is 1. The minimum atomic E-state index is -0.175. The first kappa shape index (κ1) is 22.1. The lowest BCUT2D eigenvalue weighted by Crippen LogP contribution is -2.49. The van der Waals surface area contributed by atoms with Gasteiger partial charge in [0.15, 0.2) is 0 Å². The maximum absolute atomic E-state index is 12.4. The van der Waals surface area contributed by atoms with Crippen LogP contribution in [0.4, 0.5) is 0 Å². The van der Waals surface area contributed by atoms with Crippen LogP contribution in [0.2, 0.25) is 0 Å². The number of hydrogen-bond acceptors (Lipinski definition) is 5. The summed E-state index contributed by atoms with van der Waals surface area (Å²) in [6.45, 7) is 12.0. The van der Waals surface area contributed by atoms with Crippen molar-refractivity contribution in [3.63, 3.8) is 0 Å². The van der Waals surface area contributed by atoms with Gasteiger partial charge >= 0.3 is 0 Å². The molecular weight excluding hydrogens is 380 g/mol. The van der Waals surface area contributed by atoms with Crippen molar-refractivity contribution < 1.29 is 13.9 Å². The van der Waals surface area contributed by atoms with Crippen LogP contribution in [0.5, 0.6) is 5.75 Å². The van der Waals surface area contributed by atoms with Crippen molar-refractivity contribution in [3.05, 3.63) is 63.2 Å². The summed E-state index contributed by atoms with van der Waals surface area (Å²) in [5.41, 5.74) is 3.19. The van der Waals surface area contributed by atoms with E-state index in [-0.39, 0.29) is 23.0 Å². The van der Waals surface area contributed by atoms with Gasteiger partial charge in [-0.2, -0.15) is 0 Å². The molecule has 1 aliphatic rings. The first-order chi connectivity index (χ1) is 14.4. The quantitative estimate of drug-likeness (QED) is 0.696.